The van der Waals surface area contributed by atoms with E-state index in [9.17, 15) is 0 Å². The molecule has 0 bridgehead atoms. The van der Waals surface area contributed by atoms with Gasteiger partial charge in [0.2, 0.25) is 5.88 Å². The molecule has 0 unspecified atom stereocenters. The Balaban J connectivity index is 2.01. The molecule has 1 aromatic heterocycles. The predicted octanol–water partition coefficient (Wildman–Crippen LogP) is 4.63. The molecule has 106 valence electrons. The van der Waals surface area contributed by atoms with E-state index in [0.717, 1.165) is 27.5 Å². The van der Waals surface area contributed by atoms with Gasteiger partial charge in [0.1, 0.15) is 0 Å². The molecule has 0 atom stereocenters. The highest BCUT2D eigenvalue weighted by molar-refractivity contribution is 9.10. The van der Waals surface area contributed by atoms with Crippen LogP contribution in [0.4, 0.5) is 0 Å². The zero-order chi connectivity index (χ0) is 14.4. The molecule has 0 amide bonds. The third-order valence-electron chi connectivity index (χ3n) is 2.55. The summed E-state index contributed by atoms with van der Waals surface area (Å²) in [6.07, 6.45) is 0.977. The molecule has 3 nitrogen and oxygen atoms in total. The highest BCUT2D eigenvalue weighted by Gasteiger charge is 2.04. The average Bonchev–Trinajstić information content (AvgIpc) is 2.44. The summed E-state index contributed by atoms with van der Waals surface area (Å²) < 4.78 is 6.66. The van der Waals surface area contributed by atoms with Crippen LogP contribution in [-0.2, 0) is 5.75 Å². The molecule has 0 spiro atoms. The fourth-order valence-electron chi connectivity index (χ4n) is 1.59. The molecular weight excluding hydrogens is 336 g/mol. The largest absolute Gasteiger partial charge is 0.478 e. The normalized spacial score (nSPS) is 10.6. The Kier molecular flexibility index (Phi) is 5.86. The minimum atomic E-state index is 0.664. The van der Waals surface area contributed by atoms with Crippen molar-refractivity contribution in [2.24, 2.45) is 0 Å². The predicted molar refractivity (Wildman–Crippen MR) is 86.3 cm³/mol. The molecule has 20 heavy (non-hydrogen) atoms. The number of benzene rings is 1. The second-order valence-electron chi connectivity index (χ2n) is 4.39. The third kappa shape index (κ3) is 4.80. The highest BCUT2D eigenvalue weighted by atomic mass is 79.9. The second-order valence-corrected chi connectivity index (χ2v) is 6.25. The second kappa shape index (κ2) is 7.64. The molecule has 0 radical (unpaired) electrons. The zero-order valence-electron chi connectivity index (χ0n) is 11.6. The SMILES string of the molecule is CCCOc1cc(C)nc(SCc2ccc(Br)cc2)n1. The summed E-state index contributed by atoms with van der Waals surface area (Å²) in [5.41, 5.74) is 2.18. The standard InChI is InChI=1S/C15H17BrN2OS/c1-3-8-19-14-9-11(2)17-15(18-14)20-10-12-4-6-13(16)7-5-12/h4-7,9H,3,8,10H2,1-2H3. The molecule has 2 aromatic rings. The Hall–Kier alpha value is -1.07. The van der Waals surface area contributed by atoms with Gasteiger partial charge in [-0.1, -0.05) is 46.7 Å². The van der Waals surface area contributed by atoms with E-state index in [-0.39, 0.29) is 0 Å². The molecule has 0 aliphatic carbocycles. The van der Waals surface area contributed by atoms with Crippen LogP contribution in [0.3, 0.4) is 0 Å². The molecule has 0 fully saturated rings. The Morgan fingerprint density at radius 3 is 2.65 bits per heavy atom. The molecule has 0 saturated heterocycles. The molecule has 1 aromatic carbocycles. The van der Waals surface area contributed by atoms with Crippen LogP contribution in [0.1, 0.15) is 24.6 Å². The van der Waals surface area contributed by atoms with Crippen LogP contribution in [-0.4, -0.2) is 16.6 Å². The lowest BCUT2D eigenvalue weighted by Gasteiger charge is -2.07. The molecule has 1 heterocycles. The fourth-order valence-corrected chi connectivity index (χ4v) is 2.70. The van der Waals surface area contributed by atoms with E-state index >= 15 is 0 Å². The van der Waals surface area contributed by atoms with Gasteiger partial charge in [-0.25, -0.2) is 4.98 Å². The van der Waals surface area contributed by atoms with Crippen LogP contribution in [0.15, 0.2) is 40.0 Å². The molecule has 0 aliphatic heterocycles. The summed E-state index contributed by atoms with van der Waals surface area (Å²) in [6, 6.07) is 10.2. The Morgan fingerprint density at radius 2 is 1.95 bits per heavy atom. The minimum absolute atomic E-state index is 0.664. The molecule has 0 saturated carbocycles. The van der Waals surface area contributed by atoms with Gasteiger partial charge in [0.15, 0.2) is 5.16 Å². The number of nitrogens with zero attached hydrogens (tertiary/aromatic N) is 2. The maximum Gasteiger partial charge on any atom is 0.217 e. The van der Waals surface area contributed by atoms with Gasteiger partial charge in [0.25, 0.3) is 0 Å². The van der Waals surface area contributed by atoms with Gasteiger partial charge in [-0.05, 0) is 31.0 Å². The first-order valence-electron chi connectivity index (χ1n) is 6.53. The topological polar surface area (TPSA) is 35.0 Å². The first kappa shape index (κ1) is 15.3. The molecule has 2 rings (SSSR count). The van der Waals surface area contributed by atoms with E-state index in [1.54, 1.807) is 11.8 Å². The van der Waals surface area contributed by atoms with Crippen LogP contribution in [0, 0.1) is 6.92 Å². The minimum Gasteiger partial charge on any atom is -0.478 e. The Labute approximate surface area is 132 Å². The first-order valence-corrected chi connectivity index (χ1v) is 8.31. The highest BCUT2D eigenvalue weighted by Crippen LogP contribution is 2.23. The number of rotatable bonds is 6. The summed E-state index contributed by atoms with van der Waals surface area (Å²) in [7, 11) is 0. The van der Waals surface area contributed by atoms with Crippen LogP contribution in [0.5, 0.6) is 5.88 Å². The van der Waals surface area contributed by atoms with Gasteiger partial charge >= 0.3 is 0 Å². The van der Waals surface area contributed by atoms with Crippen LogP contribution >= 0.6 is 27.7 Å². The van der Waals surface area contributed by atoms with Crippen molar-refractivity contribution in [3.05, 3.63) is 46.1 Å². The van der Waals surface area contributed by atoms with Gasteiger partial charge in [-0.15, -0.1) is 0 Å². The number of hydrogen-bond acceptors (Lipinski definition) is 4. The summed E-state index contributed by atoms with van der Waals surface area (Å²) in [4.78, 5) is 8.86. The molecular formula is C15H17BrN2OS. The number of aromatic nitrogens is 2. The van der Waals surface area contributed by atoms with E-state index < -0.39 is 0 Å². The van der Waals surface area contributed by atoms with E-state index in [4.69, 9.17) is 4.74 Å². The summed E-state index contributed by atoms with van der Waals surface area (Å²) >= 11 is 5.06. The van der Waals surface area contributed by atoms with Gasteiger partial charge in [-0.2, -0.15) is 4.98 Å². The molecule has 0 N–H and O–H groups in total. The maximum atomic E-state index is 5.57. The van der Waals surface area contributed by atoms with Crippen LogP contribution in [0.2, 0.25) is 0 Å². The van der Waals surface area contributed by atoms with Gasteiger partial charge in [0, 0.05) is 22.0 Å². The van der Waals surface area contributed by atoms with Gasteiger partial charge < -0.3 is 4.74 Å². The van der Waals surface area contributed by atoms with Crippen molar-refractivity contribution in [2.45, 2.75) is 31.2 Å². The smallest absolute Gasteiger partial charge is 0.217 e. The van der Waals surface area contributed by atoms with E-state index in [0.29, 0.717) is 12.5 Å². The van der Waals surface area contributed by atoms with E-state index in [1.807, 2.05) is 25.1 Å². The number of ether oxygens (including phenoxy) is 1. The molecule has 0 aliphatic rings. The van der Waals surface area contributed by atoms with Crippen molar-refractivity contribution in [3.63, 3.8) is 0 Å². The van der Waals surface area contributed by atoms with Crippen molar-refractivity contribution in [1.82, 2.24) is 9.97 Å². The Morgan fingerprint density at radius 1 is 1.20 bits per heavy atom. The van der Waals surface area contributed by atoms with Crippen molar-refractivity contribution < 1.29 is 4.74 Å². The van der Waals surface area contributed by atoms with Crippen molar-refractivity contribution in [2.75, 3.05) is 6.61 Å². The monoisotopic (exact) mass is 352 g/mol. The van der Waals surface area contributed by atoms with Crippen LogP contribution in [0.25, 0.3) is 0 Å². The number of hydrogen-bond donors (Lipinski definition) is 0. The number of aryl methyl sites for hydroxylation is 1. The maximum absolute atomic E-state index is 5.57. The van der Waals surface area contributed by atoms with Crippen molar-refractivity contribution >= 4 is 27.7 Å². The van der Waals surface area contributed by atoms with E-state index in [1.165, 1.54) is 5.56 Å². The fraction of sp³-hybridized carbons (Fsp3) is 0.333. The zero-order valence-corrected chi connectivity index (χ0v) is 14.0. The Bertz CT molecular complexity index is 560. The summed E-state index contributed by atoms with van der Waals surface area (Å²) in [5, 5.41) is 0.763. The van der Waals surface area contributed by atoms with Gasteiger partial charge in [0.05, 0.1) is 6.61 Å². The summed E-state index contributed by atoms with van der Waals surface area (Å²) in [5.74, 6) is 1.52. The van der Waals surface area contributed by atoms with Crippen LogP contribution < -0.4 is 4.74 Å². The van der Waals surface area contributed by atoms with Crippen molar-refractivity contribution in [1.29, 1.82) is 0 Å². The summed E-state index contributed by atoms with van der Waals surface area (Å²) in [6.45, 7) is 4.73. The third-order valence-corrected chi connectivity index (χ3v) is 3.99. The number of thioether (sulfide) groups is 1. The lowest BCUT2D eigenvalue weighted by atomic mass is 10.2. The number of halogens is 1. The van der Waals surface area contributed by atoms with Gasteiger partial charge in [-0.3, -0.25) is 0 Å². The van der Waals surface area contributed by atoms with E-state index in [2.05, 4.69) is 45.0 Å². The quantitative estimate of drug-likeness (QED) is 0.560. The lowest BCUT2D eigenvalue weighted by molar-refractivity contribution is 0.301. The average molecular weight is 353 g/mol. The molecule has 5 heteroatoms. The first-order chi connectivity index (χ1) is 9.67. The lowest BCUT2D eigenvalue weighted by Crippen LogP contribution is -2.00. The van der Waals surface area contributed by atoms with Crippen molar-refractivity contribution in [3.8, 4) is 5.88 Å².